The molecule has 0 radical (unpaired) electrons. The van der Waals surface area contributed by atoms with Gasteiger partial charge in [-0.3, -0.25) is 4.79 Å². The van der Waals surface area contributed by atoms with E-state index in [1.165, 1.54) is 19.6 Å². The van der Waals surface area contributed by atoms with E-state index < -0.39 is 11.8 Å². The summed E-state index contributed by atoms with van der Waals surface area (Å²) < 4.78 is 38.2. The van der Waals surface area contributed by atoms with Crippen molar-refractivity contribution in [1.82, 2.24) is 5.16 Å². The molecule has 0 spiro atoms. The third-order valence-corrected chi connectivity index (χ3v) is 7.22. The lowest BCUT2D eigenvalue weighted by Gasteiger charge is -2.23. The molecule has 7 nitrogen and oxygen atoms in total. The van der Waals surface area contributed by atoms with Gasteiger partial charge in [-0.1, -0.05) is 23.7 Å². The van der Waals surface area contributed by atoms with Gasteiger partial charge in [0.1, 0.15) is 23.9 Å². The van der Waals surface area contributed by atoms with Crippen molar-refractivity contribution >= 4 is 19.5 Å². The number of carboxylic acids is 1. The molecule has 0 unspecified atom stereocenters. The largest absolute Gasteiger partial charge is 0.497 e. The number of ether oxygens (including phenoxy) is 3. The van der Waals surface area contributed by atoms with Crippen LogP contribution < -0.4 is 14.2 Å². The summed E-state index contributed by atoms with van der Waals surface area (Å²) in [4.78, 5) is 11.4. The summed E-state index contributed by atoms with van der Waals surface area (Å²) in [5.74, 6) is 0.815. The standard InChI is InChI=1S/C29H32FNO6.H2S/c1-34-21-12-13-25(30)24(15-21)28-29(36-20-7-3-2-4-8-20)26(31-37-28)17-35-22-9-5-6-19(14-22)23(16-27(32)33)18-10-11-18;/h5-6,9,12-15,18,20,23H,2-4,7-8,10-11,16-17H2,1H3,(H,32,33);1H2/t23-;/m0./s1. The first-order chi connectivity index (χ1) is 18.0. The lowest BCUT2D eigenvalue weighted by Crippen LogP contribution is -2.20. The molecule has 1 N–H and O–H groups in total. The number of aromatic nitrogens is 1. The number of methoxy groups -OCH3 is 1. The Morgan fingerprint density at radius 2 is 1.89 bits per heavy atom. The minimum Gasteiger partial charge on any atom is -0.497 e. The van der Waals surface area contributed by atoms with Gasteiger partial charge in [0.25, 0.3) is 0 Å². The highest BCUT2D eigenvalue weighted by molar-refractivity contribution is 7.59. The maximum absolute atomic E-state index is 14.8. The summed E-state index contributed by atoms with van der Waals surface area (Å²) in [6.45, 7) is 0.0631. The summed E-state index contributed by atoms with van der Waals surface area (Å²) in [5.41, 5.74) is 1.62. The third kappa shape index (κ3) is 6.62. The molecule has 1 atom stereocenters. The Labute approximate surface area is 228 Å². The molecule has 5 rings (SSSR count). The molecule has 2 aliphatic rings. The highest BCUT2D eigenvalue weighted by Gasteiger charge is 2.34. The maximum Gasteiger partial charge on any atom is 0.303 e. The van der Waals surface area contributed by atoms with E-state index in [2.05, 4.69) is 5.16 Å². The fourth-order valence-electron chi connectivity index (χ4n) is 5.08. The molecule has 0 amide bonds. The number of rotatable bonds is 11. The number of hydrogen-bond acceptors (Lipinski definition) is 6. The molecule has 2 aliphatic carbocycles. The van der Waals surface area contributed by atoms with Crippen LogP contribution in [0.3, 0.4) is 0 Å². The smallest absolute Gasteiger partial charge is 0.303 e. The average Bonchev–Trinajstić information content (AvgIpc) is 3.68. The van der Waals surface area contributed by atoms with Gasteiger partial charge in [-0.2, -0.15) is 13.5 Å². The molecule has 3 aromatic rings. The van der Waals surface area contributed by atoms with Crippen molar-refractivity contribution in [3.63, 3.8) is 0 Å². The van der Waals surface area contributed by atoms with Crippen LogP contribution in [0.5, 0.6) is 17.2 Å². The predicted molar refractivity (Wildman–Crippen MR) is 145 cm³/mol. The zero-order valence-electron chi connectivity index (χ0n) is 21.5. The van der Waals surface area contributed by atoms with Crippen LogP contribution in [0.1, 0.15) is 68.5 Å². The Morgan fingerprint density at radius 3 is 2.61 bits per heavy atom. The molecule has 204 valence electrons. The van der Waals surface area contributed by atoms with Gasteiger partial charge >= 0.3 is 5.97 Å². The lowest BCUT2D eigenvalue weighted by molar-refractivity contribution is -0.137. The molecular formula is C29H34FNO6S. The van der Waals surface area contributed by atoms with Gasteiger partial charge < -0.3 is 23.8 Å². The average molecular weight is 544 g/mol. The van der Waals surface area contributed by atoms with Crippen molar-refractivity contribution in [1.29, 1.82) is 0 Å². The summed E-state index contributed by atoms with van der Waals surface area (Å²) in [6, 6.07) is 12.0. The summed E-state index contributed by atoms with van der Waals surface area (Å²) in [6.07, 6.45) is 7.37. The van der Waals surface area contributed by atoms with Crippen LogP contribution in [0.2, 0.25) is 0 Å². The van der Waals surface area contributed by atoms with Crippen LogP contribution in [0.25, 0.3) is 11.3 Å². The second-order valence-electron chi connectivity index (χ2n) is 9.91. The number of aliphatic carboxylic acids is 1. The molecule has 2 fully saturated rings. The molecule has 2 saturated carbocycles. The molecule has 0 aliphatic heterocycles. The van der Waals surface area contributed by atoms with Crippen molar-refractivity contribution in [3.8, 4) is 28.6 Å². The lowest BCUT2D eigenvalue weighted by atomic mass is 9.91. The van der Waals surface area contributed by atoms with Gasteiger partial charge in [0, 0.05) is 0 Å². The molecule has 38 heavy (non-hydrogen) atoms. The second kappa shape index (κ2) is 12.6. The van der Waals surface area contributed by atoms with E-state index in [4.69, 9.17) is 18.7 Å². The third-order valence-electron chi connectivity index (χ3n) is 7.22. The van der Waals surface area contributed by atoms with Gasteiger partial charge in [-0.15, -0.1) is 0 Å². The fourth-order valence-corrected chi connectivity index (χ4v) is 5.08. The van der Waals surface area contributed by atoms with Crippen molar-refractivity contribution in [2.24, 2.45) is 5.92 Å². The van der Waals surface area contributed by atoms with Crippen LogP contribution >= 0.6 is 13.5 Å². The van der Waals surface area contributed by atoms with E-state index in [-0.39, 0.29) is 49.9 Å². The normalized spacial score (nSPS) is 16.4. The van der Waals surface area contributed by atoms with Gasteiger partial charge in [-0.25, -0.2) is 4.39 Å². The van der Waals surface area contributed by atoms with Crippen LogP contribution in [0.4, 0.5) is 4.39 Å². The minimum absolute atomic E-state index is 0. The quantitative estimate of drug-likeness (QED) is 0.282. The molecule has 1 aromatic heterocycles. The Bertz CT molecular complexity index is 1240. The van der Waals surface area contributed by atoms with E-state index in [9.17, 15) is 14.3 Å². The molecule has 1 heterocycles. The fraction of sp³-hybridized carbons (Fsp3) is 0.448. The van der Waals surface area contributed by atoms with E-state index >= 15 is 0 Å². The number of hydrogen-bond donors (Lipinski definition) is 1. The maximum atomic E-state index is 14.8. The Kier molecular flexibility index (Phi) is 9.20. The summed E-state index contributed by atoms with van der Waals surface area (Å²) in [7, 11) is 1.52. The Hall–Kier alpha value is -3.20. The van der Waals surface area contributed by atoms with Gasteiger partial charge in [-0.05, 0) is 86.3 Å². The molecule has 9 heteroatoms. The van der Waals surface area contributed by atoms with Crippen LogP contribution in [-0.4, -0.2) is 29.4 Å². The topological polar surface area (TPSA) is 91.0 Å². The van der Waals surface area contributed by atoms with Gasteiger partial charge in [0.15, 0.2) is 11.4 Å². The SMILES string of the molecule is COc1ccc(F)c(-c2onc(COc3cccc([C@@H](CC(=O)O)C4CC4)c3)c2OC2CCCCC2)c1.S. The zero-order valence-corrected chi connectivity index (χ0v) is 22.5. The van der Waals surface area contributed by atoms with E-state index in [1.807, 2.05) is 24.3 Å². The van der Waals surface area contributed by atoms with Crippen molar-refractivity contribution in [2.75, 3.05) is 7.11 Å². The summed E-state index contributed by atoms with van der Waals surface area (Å²) in [5, 5.41) is 13.6. The molecule has 0 saturated heterocycles. The molecule has 0 bridgehead atoms. The highest BCUT2D eigenvalue weighted by atomic mass is 32.1. The first-order valence-electron chi connectivity index (χ1n) is 13.0. The Morgan fingerprint density at radius 1 is 1.11 bits per heavy atom. The number of halogens is 1. The summed E-state index contributed by atoms with van der Waals surface area (Å²) >= 11 is 0. The van der Waals surface area contributed by atoms with Crippen LogP contribution in [-0.2, 0) is 11.4 Å². The monoisotopic (exact) mass is 543 g/mol. The minimum atomic E-state index is -0.798. The van der Waals surface area contributed by atoms with Crippen molar-refractivity contribution < 1.29 is 33.0 Å². The molecular weight excluding hydrogens is 509 g/mol. The van der Waals surface area contributed by atoms with Gasteiger partial charge in [0.05, 0.1) is 25.2 Å². The van der Waals surface area contributed by atoms with E-state index in [0.29, 0.717) is 28.9 Å². The van der Waals surface area contributed by atoms with Gasteiger partial charge in [0.2, 0.25) is 5.76 Å². The number of nitrogens with zero attached hydrogens (tertiary/aromatic N) is 1. The Balaban J connectivity index is 0.00000336. The first-order valence-corrected chi connectivity index (χ1v) is 13.0. The zero-order chi connectivity index (χ0) is 25.8. The highest BCUT2D eigenvalue weighted by Crippen LogP contribution is 2.45. The van der Waals surface area contributed by atoms with Crippen LogP contribution in [0, 0.1) is 11.7 Å². The second-order valence-corrected chi connectivity index (χ2v) is 9.91. The number of benzene rings is 2. The number of carboxylic acid groups (broad SMARTS) is 1. The molecule has 2 aromatic carbocycles. The first kappa shape index (κ1) is 27.8. The number of carbonyl (C=O) groups is 1. The van der Waals surface area contributed by atoms with E-state index in [0.717, 1.165) is 44.1 Å². The van der Waals surface area contributed by atoms with Crippen molar-refractivity contribution in [2.45, 2.75) is 70.0 Å². The van der Waals surface area contributed by atoms with Crippen molar-refractivity contribution in [3.05, 3.63) is 59.5 Å². The van der Waals surface area contributed by atoms with E-state index in [1.54, 1.807) is 12.1 Å². The van der Waals surface area contributed by atoms with Crippen LogP contribution in [0.15, 0.2) is 47.0 Å². The predicted octanol–water partition coefficient (Wildman–Crippen LogP) is 6.86.